The number of benzene rings is 1. The molecule has 0 saturated carbocycles. The van der Waals surface area contributed by atoms with Crippen LogP contribution in [-0.4, -0.2) is 5.11 Å². The van der Waals surface area contributed by atoms with Crippen LogP contribution < -0.4 is 0 Å². The van der Waals surface area contributed by atoms with E-state index in [0.29, 0.717) is 10.0 Å². The molecule has 0 saturated heterocycles. The predicted molar refractivity (Wildman–Crippen MR) is 53.9 cm³/mol. The first-order valence-electron chi connectivity index (χ1n) is 4.15. The van der Waals surface area contributed by atoms with Gasteiger partial charge in [0.2, 0.25) is 0 Å². The predicted octanol–water partition coefficient (Wildman–Crippen LogP) is 3.28. The van der Waals surface area contributed by atoms with Gasteiger partial charge in [-0.3, -0.25) is 0 Å². The van der Waals surface area contributed by atoms with Gasteiger partial charge in [0.15, 0.2) is 0 Å². The largest absolute Gasteiger partial charge is 0.388 e. The molecule has 0 aliphatic heterocycles. The first-order valence-corrected chi connectivity index (χ1v) is 4.94. The third kappa shape index (κ3) is 2.51. The smallest absolute Gasteiger partial charge is 0.137 e. The van der Waals surface area contributed by atoms with Crippen LogP contribution >= 0.6 is 15.9 Å². The van der Waals surface area contributed by atoms with Gasteiger partial charge in [-0.25, -0.2) is 4.39 Å². The highest BCUT2D eigenvalue weighted by Gasteiger charge is 2.13. The number of aliphatic hydroxyl groups excluding tert-OH is 1. The molecule has 1 atom stereocenters. The van der Waals surface area contributed by atoms with Gasteiger partial charge in [-0.05, 0) is 39.5 Å². The highest BCUT2D eigenvalue weighted by atomic mass is 79.9. The number of rotatable bonds is 2. The van der Waals surface area contributed by atoms with Crippen LogP contribution in [0.25, 0.3) is 0 Å². The second-order valence-electron chi connectivity index (χ2n) is 3.36. The first kappa shape index (κ1) is 10.7. The van der Waals surface area contributed by atoms with Gasteiger partial charge in [0.25, 0.3) is 0 Å². The van der Waals surface area contributed by atoms with E-state index in [1.165, 1.54) is 6.07 Å². The minimum absolute atomic E-state index is 0.0978. The summed E-state index contributed by atoms with van der Waals surface area (Å²) in [6.45, 7) is 3.79. The van der Waals surface area contributed by atoms with Crippen LogP contribution in [0.3, 0.4) is 0 Å². The Morgan fingerprint density at radius 2 is 2.00 bits per heavy atom. The zero-order valence-electron chi connectivity index (χ0n) is 7.59. The number of hydrogen-bond donors (Lipinski definition) is 1. The molecule has 0 bridgehead atoms. The lowest BCUT2D eigenvalue weighted by Gasteiger charge is -2.14. The average Bonchev–Trinajstić information content (AvgIpc) is 2.08. The van der Waals surface area contributed by atoms with E-state index >= 15 is 0 Å². The first-order chi connectivity index (χ1) is 6.02. The van der Waals surface area contributed by atoms with E-state index in [1.54, 1.807) is 12.1 Å². The van der Waals surface area contributed by atoms with Crippen LogP contribution in [-0.2, 0) is 0 Å². The minimum atomic E-state index is -0.595. The van der Waals surface area contributed by atoms with E-state index in [2.05, 4.69) is 15.9 Å². The molecule has 0 aliphatic carbocycles. The lowest BCUT2D eigenvalue weighted by atomic mass is 9.99. The molecule has 0 aromatic heterocycles. The number of halogens is 2. The molecular weight excluding hydrogens is 235 g/mol. The summed E-state index contributed by atoms with van der Waals surface area (Å²) in [5.41, 5.74) is 0.621. The second kappa shape index (κ2) is 4.20. The van der Waals surface area contributed by atoms with Crippen LogP contribution in [0.4, 0.5) is 4.39 Å². The molecule has 1 aromatic carbocycles. The molecule has 1 unspecified atom stereocenters. The van der Waals surface area contributed by atoms with Gasteiger partial charge in [-0.2, -0.15) is 0 Å². The second-order valence-corrected chi connectivity index (χ2v) is 4.22. The Morgan fingerprint density at radius 1 is 1.38 bits per heavy atom. The van der Waals surface area contributed by atoms with E-state index < -0.39 is 6.10 Å². The highest BCUT2D eigenvalue weighted by Crippen LogP contribution is 2.24. The van der Waals surface area contributed by atoms with Gasteiger partial charge >= 0.3 is 0 Å². The summed E-state index contributed by atoms with van der Waals surface area (Å²) in [5, 5.41) is 9.63. The maximum atomic E-state index is 13.0. The van der Waals surface area contributed by atoms with E-state index in [1.807, 2.05) is 13.8 Å². The fraction of sp³-hybridized carbons (Fsp3) is 0.400. The van der Waals surface area contributed by atoms with Crippen molar-refractivity contribution in [2.75, 3.05) is 0 Å². The summed E-state index contributed by atoms with van der Waals surface area (Å²) in [5.74, 6) is -0.238. The van der Waals surface area contributed by atoms with Gasteiger partial charge < -0.3 is 5.11 Å². The molecule has 0 aliphatic rings. The van der Waals surface area contributed by atoms with Crippen LogP contribution in [0.5, 0.6) is 0 Å². The topological polar surface area (TPSA) is 20.2 Å². The lowest BCUT2D eigenvalue weighted by molar-refractivity contribution is 0.126. The molecule has 13 heavy (non-hydrogen) atoms. The lowest BCUT2D eigenvalue weighted by Crippen LogP contribution is -2.05. The van der Waals surface area contributed by atoms with Crippen molar-refractivity contribution < 1.29 is 9.50 Å². The maximum absolute atomic E-state index is 13.0. The van der Waals surface area contributed by atoms with Crippen molar-refractivity contribution in [1.82, 2.24) is 0 Å². The summed E-state index contributed by atoms with van der Waals surface area (Å²) in [6.07, 6.45) is -0.595. The average molecular weight is 247 g/mol. The molecule has 0 heterocycles. The van der Waals surface area contributed by atoms with Crippen molar-refractivity contribution in [3.63, 3.8) is 0 Å². The summed E-state index contributed by atoms with van der Waals surface area (Å²) >= 11 is 3.06. The van der Waals surface area contributed by atoms with Crippen LogP contribution in [0, 0.1) is 11.7 Å². The van der Waals surface area contributed by atoms with Crippen molar-refractivity contribution in [2.45, 2.75) is 20.0 Å². The van der Waals surface area contributed by atoms with Crippen molar-refractivity contribution >= 4 is 15.9 Å². The van der Waals surface area contributed by atoms with E-state index in [-0.39, 0.29) is 11.7 Å². The fourth-order valence-electron chi connectivity index (χ4n) is 1.08. The molecule has 0 fully saturated rings. The van der Waals surface area contributed by atoms with Crippen LogP contribution in [0.2, 0.25) is 0 Å². The monoisotopic (exact) mass is 246 g/mol. The van der Waals surface area contributed by atoms with E-state index in [0.717, 1.165) is 0 Å². The quantitative estimate of drug-likeness (QED) is 0.850. The zero-order chi connectivity index (χ0) is 10.0. The fourth-order valence-corrected chi connectivity index (χ4v) is 1.33. The standard InChI is InChI=1S/C10H12BrFO/c1-6(2)10(13)7-3-4-8(11)9(12)5-7/h3-6,10,13H,1-2H3. The molecule has 0 amide bonds. The minimum Gasteiger partial charge on any atom is -0.388 e. The summed E-state index contributed by atoms with van der Waals surface area (Å²) < 4.78 is 13.5. The Kier molecular flexibility index (Phi) is 3.45. The summed E-state index contributed by atoms with van der Waals surface area (Å²) in [6, 6.07) is 4.68. The third-order valence-corrected chi connectivity index (χ3v) is 2.56. The van der Waals surface area contributed by atoms with Crippen molar-refractivity contribution in [1.29, 1.82) is 0 Å². The molecule has 3 heteroatoms. The zero-order valence-corrected chi connectivity index (χ0v) is 9.18. The van der Waals surface area contributed by atoms with Gasteiger partial charge in [0.05, 0.1) is 10.6 Å². The Labute approximate surface area is 85.7 Å². The number of hydrogen-bond acceptors (Lipinski definition) is 1. The molecule has 0 radical (unpaired) electrons. The van der Waals surface area contributed by atoms with Gasteiger partial charge in [-0.1, -0.05) is 19.9 Å². The van der Waals surface area contributed by atoms with Crippen LogP contribution in [0.15, 0.2) is 22.7 Å². The molecule has 0 spiro atoms. The Morgan fingerprint density at radius 3 is 2.46 bits per heavy atom. The van der Waals surface area contributed by atoms with E-state index in [4.69, 9.17) is 0 Å². The molecule has 1 rings (SSSR count). The maximum Gasteiger partial charge on any atom is 0.137 e. The van der Waals surface area contributed by atoms with Crippen molar-refractivity contribution in [3.8, 4) is 0 Å². The van der Waals surface area contributed by atoms with Gasteiger partial charge in [0, 0.05) is 0 Å². The van der Waals surface area contributed by atoms with Gasteiger partial charge in [-0.15, -0.1) is 0 Å². The van der Waals surface area contributed by atoms with Crippen LogP contribution in [0.1, 0.15) is 25.5 Å². The highest BCUT2D eigenvalue weighted by molar-refractivity contribution is 9.10. The van der Waals surface area contributed by atoms with Crippen molar-refractivity contribution in [2.24, 2.45) is 5.92 Å². The Balaban J connectivity index is 2.97. The number of aliphatic hydroxyl groups is 1. The molecule has 1 aromatic rings. The SMILES string of the molecule is CC(C)C(O)c1ccc(Br)c(F)c1. The summed E-state index contributed by atoms with van der Waals surface area (Å²) in [4.78, 5) is 0. The molecule has 1 N–H and O–H groups in total. The normalized spacial score (nSPS) is 13.4. The molecule has 72 valence electrons. The van der Waals surface area contributed by atoms with Gasteiger partial charge in [0.1, 0.15) is 5.82 Å². The summed E-state index contributed by atoms with van der Waals surface area (Å²) in [7, 11) is 0. The van der Waals surface area contributed by atoms with Crippen molar-refractivity contribution in [3.05, 3.63) is 34.1 Å². The molecular formula is C10H12BrFO. The Bertz CT molecular complexity index is 299. The molecule has 1 nitrogen and oxygen atoms in total. The Hall–Kier alpha value is -0.410. The van der Waals surface area contributed by atoms with E-state index in [9.17, 15) is 9.50 Å². The third-order valence-electron chi connectivity index (χ3n) is 1.92.